The smallest absolute Gasteiger partial charge is 0.250 e. The Morgan fingerprint density at radius 1 is 1.19 bits per heavy atom. The summed E-state index contributed by atoms with van der Waals surface area (Å²) in [7, 11) is -3.57. The molecule has 0 amide bonds. The Balaban J connectivity index is 1.48. The van der Waals surface area contributed by atoms with E-state index in [4.69, 9.17) is 11.6 Å². The predicted octanol–water partition coefficient (Wildman–Crippen LogP) is 2.51. The van der Waals surface area contributed by atoms with Gasteiger partial charge in [0.1, 0.15) is 16.4 Å². The summed E-state index contributed by atoms with van der Waals surface area (Å²) >= 11 is 6.85. The van der Waals surface area contributed by atoms with Crippen LogP contribution in [-0.2, 0) is 16.6 Å². The van der Waals surface area contributed by atoms with Gasteiger partial charge in [0.25, 0.3) is 0 Å². The number of hydrogen-bond acceptors (Lipinski definition) is 7. The summed E-state index contributed by atoms with van der Waals surface area (Å²) in [4.78, 5) is 11.1. The van der Waals surface area contributed by atoms with E-state index in [0.29, 0.717) is 16.5 Å². The second kappa shape index (κ2) is 7.70. The summed E-state index contributed by atoms with van der Waals surface area (Å²) in [5.74, 6) is 0.903. The molecule has 0 saturated carbocycles. The maximum atomic E-state index is 12.3. The Hall–Kier alpha value is -1.75. The van der Waals surface area contributed by atoms with Crippen LogP contribution in [-0.4, -0.2) is 47.8 Å². The predicted molar refractivity (Wildman–Crippen MR) is 106 cm³/mol. The van der Waals surface area contributed by atoms with Crippen LogP contribution in [0, 0.1) is 0 Å². The van der Waals surface area contributed by atoms with Crippen LogP contribution in [0.15, 0.2) is 28.9 Å². The molecule has 0 spiro atoms. The molecule has 0 atom stereocenters. The molecule has 1 N–H and O–H groups in total. The molecule has 0 unspecified atom stereocenters. The van der Waals surface area contributed by atoms with Crippen molar-refractivity contribution in [3.63, 3.8) is 0 Å². The Morgan fingerprint density at radius 3 is 2.74 bits per heavy atom. The van der Waals surface area contributed by atoms with Gasteiger partial charge in [-0.05, 0) is 31.4 Å². The molecule has 8 nitrogen and oxygen atoms in total. The van der Waals surface area contributed by atoms with Gasteiger partial charge in [0.15, 0.2) is 5.65 Å². The van der Waals surface area contributed by atoms with Crippen LogP contribution in [0.3, 0.4) is 0 Å². The molecule has 1 aliphatic rings. The lowest BCUT2D eigenvalue weighted by Gasteiger charge is -2.27. The first kappa shape index (κ1) is 18.6. The normalized spacial score (nSPS) is 15.5. The maximum Gasteiger partial charge on any atom is 0.250 e. The van der Waals surface area contributed by atoms with E-state index >= 15 is 0 Å². The van der Waals surface area contributed by atoms with Crippen LogP contribution < -0.4 is 9.62 Å². The van der Waals surface area contributed by atoms with Gasteiger partial charge >= 0.3 is 0 Å². The Kier molecular flexibility index (Phi) is 5.31. The second-order valence-corrected chi connectivity index (χ2v) is 10.0. The molecule has 1 aliphatic heterocycles. The summed E-state index contributed by atoms with van der Waals surface area (Å²) < 4.78 is 29.5. The highest BCUT2D eigenvalue weighted by atomic mass is 35.5. The molecule has 11 heteroatoms. The van der Waals surface area contributed by atoms with E-state index < -0.39 is 10.0 Å². The number of piperidine rings is 1. The molecule has 1 fully saturated rings. The van der Waals surface area contributed by atoms with Gasteiger partial charge in [0.05, 0.1) is 22.5 Å². The lowest BCUT2D eigenvalue weighted by atomic mass is 10.1. The number of sulfonamides is 1. The van der Waals surface area contributed by atoms with E-state index in [2.05, 4.69) is 24.7 Å². The first-order chi connectivity index (χ1) is 13.0. The van der Waals surface area contributed by atoms with Crippen molar-refractivity contribution in [2.75, 3.05) is 24.5 Å². The van der Waals surface area contributed by atoms with Crippen molar-refractivity contribution in [1.82, 2.24) is 24.5 Å². The average molecular weight is 427 g/mol. The highest BCUT2D eigenvalue weighted by Crippen LogP contribution is 2.26. The van der Waals surface area contributed by atoms with Gasteiger partial charge in [-0.2, -0.15) is 5.10 Å². The summed E-state index contributed by atoms with van der Waals surface area (Å²) in [6.07, 6.45) is 6.87. The zero-order valence-corrected chi connectivity index (χ0v) is 16.9. The monoisotopic (exact) mass is 426 g/mol. The van der Waals surface area contributed by atoms with Crippen LogP contribution in [0.5, 0.6) is 0 Å². The van der Waals surface area contributed by atoms with Crippen molar-refractivity contribution >= 4 is 49.8 Å². The van der Waals surface area contributed by atoms with Gasteiger partial charge in [-0.3, -0.25) is 0 Å². The zero-order valence-electron chi connectivity index (χ0n) is 14.5. The zero-order chi connectivity index (χ0) is 18.9. The van der Waals surface area contributed by atoms with Crippen LogP contribution >= 0.6 is 22.9 Å². The number of aromatic nitrogens is 4. The number of halogens is 1. The molecule has 144 valence electrons. The molecule has 4 rings (SSSR count). The van der Waals surface area contributed by atoms with Gasteiger partial charge in [0.2, 0.25) is 10.0 Å². The SMILES string of the molecule is O=S(=O)(NCCn1ncc2c(N3CCCCC3)ncnc21)c1ccc(Cl)s1. The van der Waals surface area contributed by atoms with E-state index in [1.807, 2.05) is 0 Å². The largest absolute Gasteiger partial charge is 0.356 e. The van der Waals surface area contributed by atoms with Gasteiger partial charge in [0, 0.05) is 19.6 Å². The van der Waals surface area contributed by atoms with Crippen molar-refractivity contribution in [1.29, 1.82) is 0 Å². The molecule has 3 aromatic heterocycles. The number of nitrogens with one attached hydrogen (secondary N) is 1. The first-order valence-corrected chi connectivity index (χ1v) is 11.4. The van der Waals surface area contributed by atoms with Gasteiger partial charge in [-0.15, -0.1) is 11.3 Å². The summed E-state index contributed by atoms with van der Waals surface area (Å²) in [6, 6.07) is 3.07. The molecule has 0 aromatic carbocycles. The van der Waals surface area contributed by atoms with E-state index in [9.17, 15) is 8.42 Å². The Morgan fingerprint density at radius 2 is 2.00 bits per heavy atom. The molecule has 0 bridgehead atoms. The second-order valence-electron chi connectivity index (χ2n) is 6.31. The molecule has 4 heterocycles. The third-order valence-corrected chi connectivity index (χ3v) is 7.68. The van der Waals surface area contributed by atoms with Crippen molar-refractivity contribution < 1.29 is 8.42 Å². The van der Waals surface area contributed by atoms with E-state index in [1.165, 1.54) is 12.5 Å². The number of rotatable bonds is 6. The number of fused-ring (bicyclic) bond motifs is 1. The minimum Gasteiger partial charge on any atom is -0.356 e. The quantitative estimate of drug-likeness (QED) is 0.651. The van der Waals surface area contributed by atoms with Gasteiger partial charge in [-0.25, -0.2) is 27.8 Å². The van der Waals surface area contributed by atoms with Gasteiger partial charge < -0.3 is 4.90 Å². The summed E-state index contributed by atoms with van der Waals surface area (Å²) in [5, 5.41) is 5.28. The average Bonchev–Trinajstić information content (AvgIpc) is 3.29. The van der Waals surface area contributed by atoms with Crippen LogP contribution in [0.4, 0.5) is 5.82 Å². The maximum absolute atomic E-state index is 12.3. The molecular formula is C16H19ClN6O2S2. The van der Waals surface area contributed by atoms with Gasteiger partial charge in [-0.1, -0.05) is 11.6 Å². The Bertz CT molecular complexity index is 1040. The van der Waals surface area contributed by atoms with Crippen LogP contribution in [0.1, 0.15) is 19.3 Å². The third-order valence-electron chi connectivity index (χ3n) is 4.50. The Labute approximate surface area is 166 Å². The molecular weight excluding hydrogens is 408 g/mol. The van der Waals surface area contributed by atoms with Crippen molar-refractivity contribution in [3.05, 3.63) is 29.0 Å². The van der Waals surface area contributed by atoms with E-state index in [1.54, 1.807) is 23.3 Å². The molecule has 0 aliphatic carbocycles. The highest BCUT2D eigenvalue weighted by Gasteiger charge is 2.19. The fourth-order valence-electron chi connectivity index (χ4n) is 3.20. The van der Waals surface area contributed by atoms with E-state index in [0.717, 1.165) is 48.5 Å². The van der Waals surface area contributed by atoms with Crippen molar-refractivity contribution in [2.45, 2.75) is 30.0 Å². The van der Waals surface area contributed by atoms with Crippen molar-refractivity contribution in [3.8, 4) is 0 Å². The highest BCUT2D eigenvalue weighted by molar-refractivity contribution is 7.91. The summed E-state index contributed by atoms with van der Waals surface area (Å²) in [6.45, 7) is 2.55. The molecule has 1 saturated heterocycles. The molecule has 3 aromatic rings. The fourth-order valence-corrected chi connectivity index (χ4v) is 5.75. The first-order valence-electron chi connectivity index (χ1n) is 8.71. The van der Waals surface area contributed by atoms with E-state index in [-0.39, 0.29) is 10.8 Å². The number of hydrogen-bond donors (Lipinski definition) is 1. The standard InChI is InChI=1S/C16H19ClN6O2S2/c17-13-4-5-14(26-13)27(24,25)21-6-9-23-16-12(10-20-23)15(18-11-19-16)22-7-2-1-3-8-22/h4-5,10-11,21H,1-3,6-9H2. The topological polar surface area (TPSA) is 93.0 Å². The number of thiophene rings is 1. The number of anilines is 1. The fraction of sp³-hybridized carbons (Fsp3) is 0.438. The minimum atomic E-state index is -3.57. The minimum absolute atomic E-state index is 0.201. The van der Waals surface area contributed by atoms with Crippen LogP contribution in [0.2, 0.25) is 4.34 Å². The molecule has 27 heavy (non-hydrogen) atoms. The van der Waals surface area contributed by atoms with Crippen molar-refractivity contribution in [2.24, 2.45) is 0 Å². The third kappa shape index (κ3) is 3.93. The summed E-state index contributed by atoms with van der Waals surface area (Å²) in [5.41, 5.74) is 0.712. The number of nitrogens with zero attached hydrogens (tertiary/aromatic N) is 5. The molecule has 0 radical (unpaired) electrons. The lowest BCUT2D eigenvalue weighted by Crippen LogP contribution is -2.30. The lowest BCUT2D eigenvalue weighted by molar-refractivity contribution is 0.566. The van der Waals surface area contributed by atoms with Crippen LogP contribution in [0.25, 0.3) is 11.0 Å².